The van der Waals surface area contributed by atoms with Crippen LogP contribution in [0.2, 0.25) is 0 Å². The Kier molecular flexibility index (Phi) is 2.51. The second kappa shape index (κ2) is 4.05. The topological polar surface area (TPSA) is 51.3 Å². The van der Waals surface area contributed by atoms with Crippen molar-refractivity contribution >= 4 is 16.7 Å². The van der Waals surface area contributed by atoms with Crippen molar-refractivity contribution in [1.82, 2.24) is 4.98 Å². The fourth-order valence-corrected chi connectivity index (χ4v) is 2.63. The van der Waals surface area contributed by atoms with Gasteiger partial charge in [-0.15, -0.1) is 0 Å². The number of ether oxygens (including phenoxy) is 2. The first-order valence-electron chi connectivity index (χ1n) is 6.04. The molecule has 1 aliphatic carbocycles. The fraction of sp³-hybridized carbons (Fsp3) is 0.357. The zero-order valence-electron chi connectivity index (χ0n) is 10.5. The Balaban J connectivity index is 2.28. The number of methoxy groups -OCH3 is 2. The van der Waals surface area contributed by atoms with Crippen molar-refractivity contribution in [1.29, 1.82) is 0 Å². The molecule has 1 aromatic heterocycles. The summed E-state index contributed by atoms with van der Waals surface area (Å²) in [5, 5.41) is 1.07. The van der Waals surface area contributed by atoms with Crippen molar-refractivity contribution in [3.63, 3.8) is 0 Å². The Morgan fingerprint density at radius 2 is 1.83 bits per heavy atom. The lowest BCUT2D eigenvalue weighted by atomic mass is 9.94. The average Bonchev–Trinajstić information content (AvgIpc) is 2.76. The molecule has 1 aliphatic rings. The van der Waals surface area contributed by atoms with Crippen molar-refractivity contribution < 1.29 is 14.3 Å². The van der Waals surface area contributed by atoms with Crippen molar-refractivity contribution in [2.24, 2.45) is 0 Å². The summed E-state index contributed by atoms with van der Waals surface area (Å²) in [7, 11) is 3.23. The molecule has 0 atom stereocenters. The number of ketones is 1. The van der Waals surface area contributed by atoms with E-state index in [1.54, 1.807) is 14.2 Å². The van der Waals surface area contributed by atoms with Crippen molar-refractivity contribution in [3.8, 4) is 11.5 Å². The highest BCUT2D eigenvalue weighted by Crippen LogP contribution is 2.36. The summed E-state index contributed by atoms with van der Waals surface area (Å²) in [6.07, 6.45) is 2.50. The van der Waals surface area contributed by atoms with E-state index in [1.165, 1.54) is 0 Å². The maximum atomic E-state index is 11.9. The number of Topliss-reactive ketones (excluding diaryl/α,β-unsaturated/α-hetero) is 1. The molecule has 1 heterocycles. The third kappa shape index (κ3) is 1.49. The number of benzene rings is 1. The molecular formula is C14H15NO3. The summed E-state index contributed by atoms with van der Waals surface area (Å²) in [6, 6.07) is 3.84. The highest BCUT2D eigenvalue weighted by molar-refractivity contribution is 6.03. The van der Waals surface area contributed by atoms with Crippen LogP contribution in [0.4, 0.5) is 0 Å². The summed E-state index contributed by atoms with van der Waals surface area (Å²) in [6.45, 7) is 0. The van der Waals surface area contributed by atoms with Gasteiger partial charge in [0.25, 0.3) is 0 Å². The fourth-order valence-electron chi connectivity index (χ4n) is 2.63. The number of fused-ring (bicyclic) bond motifs is 3. The number of rotatable bonds is 2. The standard InChI is InChI=1S/C14H15NO3/c1-17-12-6-9-8-4-3-5-11(16)14(8)15-10(9)7-13(12)18-2/h6-7,15H,3-5H2,1-2H3. The largest absolute Gasteiger partial charge is 0.493 e. The van der Waals surface area contributed by atoms with Gasteiger partial charge in [-0.25, -0.2) is 0 Å². The van der Waals surface area contributed by atoms with Crippen LogP contribution in [-0.2, 0) is 6.42 Å². The van der Waals surface area contributed by atoms with Crippen LogP contribution in [0, 0.1) is 0 Å². The lowest BCUT2D eigenvalue weighted by Gasteiger charge is -2.10. The van der Waals surface area contributed by atoms with Crippen molar-refractivity contribution in [2.75, 3.05) is 14.2 Å². The molecule has 1 N–H and O–H groups in total. The Morgan fingerprint density at radius 1 is 1.11 bits per heavy atom. The molecule has 18 heavy (non-hydrogen) atoms. The molecule has 0 radical (unpaired) electrons. The zero-order valence-corrected chi connectivity index (χ0v) is 10.5. The Morgan fingerprint density at radius 3 is 2.56 bits per heavy atom. The Bertz CT molecular complexity index is 627. The third-order valence-electron chi connectivity index (χ3n) is 3.52. The lowest BCUT2D eigenvalue weighted by molar-refractivity contribution is 0.0968. The number of H-pyrrole nitrogens is 1. The first kappa shape index (κ1) is 11.1. The molecule has 4 nitrogen and oxygen atoms in total. The number of aryl methyl sites for hydroxylation is 1. The van der Waals surface area contributed by atoms with Gasteiger partial charge < -0.3 is 14.5 Å². The van der Waals surface area contributed by atoms with Crippen LogP contribution in [0.25, 0.3) is 10.9 Å². The Hall–Kier alpha value is -1.97. The average molecular weight is 245 g/mol. The van der Waals surface area contributed by atoms with E-state index in [2.05, 4.69) is 4.98 Å². The number of nitrogens with one attached hydrogen (secondary N) is 1. The minimum absolute atomic E-state index is 0.199. The third-order valence-corrected chi connectivity index (χ3v) is 3.52. The van der Waals surface area contributed by atoms with Gasteiger partial charge in [-0.3, -0.25) is 4.79 Å². The van der Waals surface area contributed by atoms with E-state index in [1.807, 2.05) is 12.1 Å². The van der Waals surface area contributed by atoms with E-state index in [0.29, 0.717) is 17.9 Å². The number of carbonyl (C=O) groups excluding carboxylic acids is 1. The van der Waals surface area contributed by atoms with Crippen LogP contribution >= 0.6 is 0 Å². The van der Waals surface area contributed by atoms with Crippen molar-refractivity contribution in [2.45, 2.75) is 19.3 Å². The van der Waals surface area contributed by atoms with E-state index in [4.69, 9.17) is 9.47 Å². The molecule has 3 rings (SSSR count). The predicted molar refractivity (Wildman–Crippen MR) is 68.7 cm³/mol. The minimum atomic E-state index is 0.199. The van der Waals surface area contributed by atoms with Gasteiger partial charge in [-0.1, -0.05) is 0 Å². The molecule has 0 spiro atoms. The van der Waals surface area contributed by atoms with Gasteiger partial charge in [0.15, 0.2) is 17.3 Å². The number of aromatic amines is 1. The first-order chi connectivity index (χ1) is 8.74. The molecule has 94 valence electrons. The minimum Gasteiger partial charge on any atom is -0.493 e. The molecular weight excluding hydrogens is 230 g/mol. The van der Waals surface area contributed by atoms with E-state index in [9.17, 15) is 4.79 Å². The molecule has 0 aliphatic heterocycles. The number of aromatic nitrogens is 1. The van der Waals surface area contributed by atoms with E-state index in [-0.39, 0.29) is 5.78 Å². The normalized spacial score (nSPS) is 14.7. The van der Waals surface area contributed by atoms with Gasteiger partial charge in [0.05, 0.1) is 25.4 Å². The zero-order chi connectivity index (χ0) is 12.7. The molecule has 0 amide bonds. The smallest absolute Gasteiger partial charge is 0.179 e. The molecule has 0 saturated heterocycles. The molecule has 2 aromatic rings. The van der Waals surface area contributed by atoms with Gasteiger partial charge in [0.1, 0.15) is 0 Å². The summed E-state index contributed by atoms with van der Waals surface area (Å²) in [5.74, 6) is 1.58. The summed E-state index contributed by atoms with van der Waals surface area (Å²) >= 11 is 0. The van der Waals surface area contributed by atoms with Crippen LogP contribution in [-0.4, -0.2) is 25.0 Å². The molecule has 1 aromatic carbocycles. The lowest BCUT2D eigenvalue weighted by Crippen LogP contribution is -2.09. The highest BCUT2D eigenvalue weighted by atomic mass is 16.5. The number of hydrogen-bond donors (Lipinski definition) is 1. The number of hydrogen-bond acceptors (Lipinski definition) is 3. The van der Waals surface area contributed by atoms with Crippen LogP contribution in [0.1, 0.15) is 28.9 Å². The maximum absolute atomic E-state index is 11.9. The predicted octanol–water partition coefficient (Wildman–Crippen LogP) is 2.70. The number of carbonyl (C=O) groups is 1. The van der Waals surface area contributed by atoms with Gasteiger partial charge in [-0.2, -0.15) is 0 Å². The van der Waals surface area contributed by atoms with E-state index in [0.717, 1.165) is 35.0 Å². The second-order valence-corrected chi connectivity index (χ2v) is 4.51. The quantitative estimate of drug-likeness (QED) is 0.885. The SMILES string of the molecule is COc1cc2[nH]c3c(c2cc1OC)CCCC3=O. The van der Waals surface area contributed by atoms with Crippen molar-refractivity contribution in [3.05, 3.63) is 23.4 Å². The van der Waals surface area contributed by atoms with Crippen LogP contribution < -0.4 is 9.47 Å². The summed E-state index contributed by atoms with van der Waals surface area (Å²) in [4.78, 5) is 15.1. The van der Waals surface area contributed by atoms with Gasteiger partial charge in [0, 0.05) is 17.9 Å². The van der Waals surface area contributed by atoms with Crippen LogP contribution in [0.3, 0.4) is 0 Å². The molecule has 0 unspecified atom stereocenters. The molecule has 0 saturated carbocycles. The van der Waals surface area contributed by atoms with Gasteiger partial charge in [0.2, 0.25) is 0 Å². The summed E-state index contributed by atoms with van der Waals surface area (Å²) in [5.41, 5.74) is 2.81. The molecule has 0 bridgehead atoms. The van der Waals surface area contributed by atoms with Crippen LogP contribution in [0.5, 0.6) is 11.5 Å². The first-order valence-corrected chi connectivity index (χ1v) is 6.04. The molecule has 4 heteroatoms. The van der Waals surface area contributed by atoms with Gasteiger partial charge >= 0.3 is 0 Å². The van der Waals surface area contributed by atoms with Crippen LogP contribution in [0.15, 0.2) is 12.1 Å². The monoisotopic (exact) mass is 245 g/mol. The van der Waals surface area contributed by atoms with E-state index < -0.39 is 0 Å². The maximum Gasteiger partial charge on any atom is 0.179 e. The van der Waals surface area contributed by atoms with Gasteiger partial charge in [-0.05, 0) is 24.5 Å². The Labute approximate surface area is 105 Å². The summed E-state index contributed by atoms with van der Waals surface area (Å²) < 4.78 is 10.6. The van der Waals surface area contributed by atoms with E-state index >= 15 is 0 Å². The second-order valence-electron chi connectivity index (χ2n) is 4.51. The molecule has 0 fully saturated rings. The highest BCUT2D eigenvalue weighted by Gasteiger charge is 2.23.